The lowest BCUT2D eigenvalue weighted by Crippen LogP contribution is -2.36. The van der Waals surface area contributed by atoms with Gasteiger partial charge in [0.15, 0.2) is 0 Å². The van der Waals surface area contributed by atoms with Crippen LogP contribution in [-0.2, 0) is 9.53 Å². The highest BCUT2D eigenvalue weighted by Crippen LogP contribution is 2.20. The summed E-state index contributed by atoms with van der Waals surface area (Å²) < 4.78 is 10.5. The van der Waals surface area contributed by atoms with E-state index in [0.717, 1.165) is 49.1 Å². The van der Waals surface area contributed by atoms with Gasteiger partial charge in [0.25, 0.3) is 0 Å². The largest absolute Gasteiger partial charge is 0.497 e. The molecule has 0 radical (unpaired) electrons. The molecule has 1 fully saturated rings. The standard InChI is InChI=1S/C20H25N3O3/c1-15(21-16-5-9-19(25-2)10-6-16)20(24)22-17-3-7-18(8-4-17)23-11-13-26-14-12-23/h3-10,15,21H,11-14H2,1-2H3,(H,22,24)/t15-/m0/s1. The summed E-state index contributed by atoms with van der Waals surface area (Å²) in [7, 11) is 1.63. The minimum atomic E-state index is -0.359. The zero-order chi connectivity index (χ0) is 18.4. The van der Waals surface area contributed by atoms with Crippen molar-refractivity contribution >= 4 is 23.0 Å². The Morgan fingerprint density at radius 1 is 1.04 bits per heavy atom. The summed E-state index contributed by atoms with van der Waals surface area (Å²) in [5.41, 5.74) is 2.81. The maximum atomic E-state index is 12.4. The van der Waals surface area contributed by atoms with Gasteiger partial charge < -0.3 is 25.0 Å². The molecule has 2 aromatic rings. The van der Waals surface area contributed by atoms with Gasteiger partial charge in [-0.2, -0.15) is 0 Å². The van der Waals surface area contributed by atoms with E-state index in [9.17, 15) is 4.79 Å². The summed E-state index contributed by atoms with van der Waals surface area (Å²) in [4.78, 5) is 14.7. The number of carbonyl (C=O) groups excluding carboxylic acids is 1. The van der Waals surface area contributed by atoms with Crippen LogP contribution in [0, 0.1) is 0 Å². The molecule has 2 N–H and O–H groups in total. The topological polar surface area (TPSA) is 62.8 Å². The fourth-order valence-corrected chi connectivity index (χ4v) is 2.83. The first-order valence-corrected chi connectivity index (χ1v) is 8.80. The third-order valence-corrected chi connectivity index (χ3v) is 4.38. The van der Waals surface area contributed by atoms with Crippen LogP contribution in [0.2, 0.25) is 0 Å². The third-order valence-electron chi connectivity index (χ3n) is 4.38. The first kappa shape index (κ1) is 18.1. The fraction of sp³-hybridized carbons (Fsp3) is 0.350. The lowest BCUT2D eigenvalue weighted by Gasteiger charge is -2.29. The van der Waals surface area contributed by atoms with E-state index in [-0.39, 0.29) is 11.9 Å². The van der Waals surface area contributed by atoms with Gasteiger partial charge in [-0.15, -0.1) is 0 Å². The van der Waals surface area contributed by atoms with Gasteiger partial charge in [0.1, 0.15) is 11.8 Å². The number of rotatable bonds is 6. The average molecular weight is 355 g/mol. The molecule has 26 heavy (non-hydrogen) atoms. The van der Waals surface area contributed by atoms with Gasteiger partial charge in [0.2, 0.25) is 5.91 Å². The summed E-state index contributed by atoms with van der Waals surface area (Å²) in [5.74, 6) is 0.702. The first-order valence-electron chi connectivity index (χ1n) is 8.80. The quantitative estimate of drug-likeness (QED) is 0.834. The van der Waals surface area contributed by atoms with Crippen molar-refractivity contribution in [3.05, 3.63) is 48.5 Å². The highest BCUT2D eigenvalue weighted by Gasteiger charge is 2.14. The van der Waals surface area contributed by atoms with Crippen LogP contribution in [0.1, 0.15) is 6.92 Å². The van der Waals surface area contributed by atoms with Crippen molar-refractivity contribution in [1.29, 1.82) is 0 Å². The maximum Gasteiger partial charge on any atom is 0.246 e. The number of nitrogens with zero attached hydrogens (tertiary/aromatic N) is 1. The third kappa shape index (κ3) is 4.67. The van der Waals surface area contributed by atoms with Gasteiger partial charge in [-0.1, -0.05) is 0 Å². The van der Waals surface area contributed by atoms with Gasteiger partial charge >= 0.3 is 0 Å². The number of methoxy groups -OCH3 is 1. The van der Waals surface area contributed by atoms with Gasteiger partial charge in [-0.05, 0) is 55.5 Å². The zero-order valence-electron chi connectivity index (χ0n) is 15.2. The molecule has 0 saturated carbocycles. The highest BCUT2D eigenvalue weighted by molar-refractivity contribution is 5.96. The number of hydrogen-bond donors (Lipinski definition) is 2. The van der Waals surface area contributed by atoms with Crippen LogP contribution >= 0.6 is 0 Å². The molecular weight excluding hydrogens is 330 g/mol. The molecule has 1 heterocycles. The Morgan fingerprint density at radius 3 is 2.27 bits per heavy atom. The van der Waals surface area contributed by atoms with Crippen molar-refractivity contribution < 1.29 is 14.3 Å². The molecule has 6 heteroatoms. The number of carbonyl (C=O) groups is 1. The number of nitrogens with one attached hydrogen (secondary N) is 2. The molecule has 0 aliphatic carbocycles. The van der Waals surface area contributed by atoms with E-state index in [1.807, 2.05) is 55.5 Å². The number of morpholine rings is 1. The maximum absolute atomic E-state index is 12.4. The summed E-state index contributed by atoms with van der Waals surface area (Å²) in [6.07, 6.45) is 0. The molecule has 0 bridgehead atoms. The van der Waals surface area contributed by atoms with Crippen molar-refractivity contribution in [2.45, 2.75) is 13.0 Å². The highest BCUT2D eigenvalue weighted by atomic mass is 16.5. The fourth-order valence-electron chi connectivity index (χ4n) is 2.83. The molecule has 1 aliphatic rings. The Morgan fingerprint density at radius 2 is 1.65 bits per heavy atom. The number of anilines is 3. The number of hydrogen-bond acceptors (Lipinski definition) is 5. The first-order chi connectivity index (χ1) is 12.7. The van der Waals surface area contributed by atoms with Crippen LogP contribution in [0.4, 0.5) is 17.1 Å². The summed E-state index contributed by atoms with van der Waals surface area (Å²) >= 11 is 0. The molecule has 138 valence electrons. The van der Waals surface area contributed by atoms with E-state index in [1.54, 1.807) is 7.11 Å². The average Bonchev–Trinajstić information content (AvgIpc) is 2.70. The minimum Gasteiger partial charge on any atom is -0.497 e. The van der Waals surface area contributed by atoms with E-state index < -0.39 is 0 Å². The summed E-state index contributed by atoms with van der Waals surface area (Å²) in [6.45, 7) is 5.14. The second-order valence-corrected chi connectivity index (χ2v) is 6.23. The normalized spacial score (nSPS) is 15.2. The molecule has 0 unspecified atom stereocenters. The smallest absolute Gasteiger partial charge is 0.246 e. The van der Waals surface area contributed by atoms with Gasteiger partial charge in [0, 0.05) is 30.2 Å². The molecule has 1 aliphatic heterocycles. The van der Waals surface area contributed by atoms with Crippen LogP contribution in [0.5, 0.6) is 5.75 Å². The molecule has 0 spiro atoms. The van der Waals surface area contributed by atoms with Crippen molar-refractivity contribution in [2.24, 2.45) is 0 Å². The molecule has 3 rings (SSSR count). The molecule has 1 atom stereocenters. The summed E-state index contributed by atoms with van der Waals surface area (Å²) in [6, 6.07) is 15.1. The molecule has 2 aromatic carbocycles. The second-order valence-electron chi connectivity index (χ2n) is 6.23. The second kappa shape index (κ2) is 8.58. The Hall–Kier alpha value is -2.73. The van der Waals surface area contributed by atoms with E-state index in [4.69, 9.17) is 9.47 Å². The van der Waals surface area contributed by atoms with E-state index >= 15 is 0 Å². The van der Waals surface area contributed by atoms with Gasteiger partial charge in [-0.25, -0.2) is 0 Å². The lowest BCUT2D eigenvalue weighted by molar-refractivity contribution is -0.116. The van der Waals surface area contributed by atoms with E-state index in [2.05, 4.69) is 15.5 Å². The van der Waals surface area contributed by atoms with Crippen LogP contribution < -0.4 is 20.3 Å². The van der Waals surface area contributed by atoms with Crippen molar-refractivity contribution in [3.63, 3.8) is 0 Å². The van der Waals surface area contributed by atoms with Crippen LogP contribution in [-0.4, -0.2) is 45.4 Å². The van der Waals surface area contributed by atoms with E-state index in [0.29, 0.717) is 0 Å². The predicted molar refractivity (Wildman–Crippen MR) is 104 cm³/mol. The number of ether oxygens (including phenoxy) is 2. The lowest BCUT2D eigenvalue weighted by atomic mass is 10.2. The molecule has 6 nitrogen and oxygen atoms in total. The molecular formula is C20H25N3O3. The zero-order valence-corrected chi connectivity index (χ0v) is 15.2. The SMILES string of the molecule is COc1ccc(N[C@@H](C)C(=O)Nc2ccc(N3CCOCC3)cc2)cc1. The molecule has 0 aromatic heterocycles. The van der Waals surface area contributed by atoms with Crippen LogP contribution in [0.25, 0.3) is 0 Å². The number of benzene rings is 2. The van der Waals surface area contributed by atoms with Crippen LogP contribution in [0.15, 0.2) is 48.5 Å². The van der Waals surface area contributed by atoms with Crippen molar-refractivity contribution in [3.8, 4) is 5.75 Å². The van der Waals surface area contributed by atoms with Crippen molar-refractivity contribution in [1.82, 2.24) is 0 Å². The Balaban J connectivity index is 1.54. The number of amides is 1. The summed E-state index contributed by atoms with van der Waals surface area (Å²) in [5, 5.41) is 6.13. The van der Waals surface area contributed by atoms with Gasteiger partial charge in [-0.3, -0.25) is 4.79 Å². The molecule has 1 saturated heterocycles. The van der Waals surface area contributed by atoms with Crippen LogP contribution in [0.3, 0.4) is 0 Å². The predicted octanol–water partition coefficient (Wildman–Crippen LogP) is 2.97. The van der Waals surface area contributed by atoms with Gasteiger partial charge in [0.05, 0.1) is 20.3 Å². The monoisotopic (exact) mass is 355 g/mol. The van der Waals surface area contributed by atoms with Crippen molar-refractivity contribution in [2.75, 3.05) is 48.9 Å². The Bertz CT molecular complexity index is 710. The minimum absolute atomic E-state index is 0.0834. The Kier molecular flexibility index (Phi) is 5.96. The molecule has 1 amide bonds. The Labute approximate surface area is 154 Å². The van der Waals surface area contributed by atoms with E-state index in [1.165, 1.54) is 0 Å².